The van der Waals surface area contributed by atoms with E-state index in [4.69, 9.17) is 0 Å². The Bertz CT molecular complexity index is 931. The van der Waals surface area contributed by atoms with Crippen LogP contribution in [0.5, 0.6) is 0 Å². The predicted octanol–water partition coefficient (Wildman–Crippen LogP) is 4.14. The van der Waals surface area contributed by atoms with Crippen molar-refractivity contribution in [1.82, 2.24) is 10.2 Å². The van der Waals surface area contributed by atoms with Crippen molar-refractivity contribution in [1.29, 1.82) is 0 Å². The highest BCUT2D eigenvalue weighted by Gasteiger charge is 2.22. The number of para-hydroxylation sites is 1. The van der Waals surface area contributed by atoms with Gasteiger partial charge in [0.2, 0.25) is 0 Å². The van der Waals surface area contributed by atoms with Gasteiger partial charge in [-0.2, -0.15) is 0 Å². The van der Waals surface area contributed by atoms with E-state index in [1.54, 1.807) is 12.1 Å². The summed E-state index contributed by atoms with van der Waals surface area (Å²) in [4.78, 5) is 30.7. The van der Waals surface area contributed by atoms with Gasteiger partial charge in [-0.05, 0) is 69.0 Å². The fourth-order valence-electron chi connectivity index (χ4n) is 4.68. The molecule has 2 aromatic carbocycles. The second-order valence-corrected chi connectivity index (χ2v) is 8.83. The lowest BCUT2D eigenvalue weighted by atomic mass is 10.0. The maximum Gasteiger partial charge on any atom is 0.255 e. The summed E-state index contributed by atoms with van der Waals surface area (Å²) in [6.07, 6.45) is 5.46. The average molecular weight is 435 g/mol. The summed E-state index contributed by atoms with van der Waals surface area (Å²) in [6, 6.07) is 15.2. The highest BCUT2D eigenvalue weighted by Crippen LogP contribution is 2.23. The Morgan fingerprint density at radius 1 is 0.938 bits per heavy atom. The monoisotopic (exact) mass is 434 g/mol. The van der Waals surface area contributed by atoms with Gasteiger partial charge in [0.05, 0.1) is 11.3 Å². The van der Waals surface area contributed by atoms with Crippen LogP contribution < -0.4 is 15.5 Å². The molecular formula is C26H34N4O2. The van der Waals surface area contributed by atoms with Crippen molar-refractivity contribution >= 4 is 23.2 Å². The quantitative estimate of drug-likeness (QED) is 0.687. The fraction of sp³-hybridized carbons (Fsp3) is 0.462. The molecule has 170 valence electrons. The molecule has 2 amide bonds. The number of piperidine rings is 1. The molecule has 0 atom stereocenters. The van der Waals surface area contributed by atoms with E-state index in [9.17, 15) is 9.59 Å². The Morgan fingerprint density at radius 3 is 2.44 bits per heavy atom. The molecule has 4 rings (SSSR count). The maximum absolute atomic E-state index is 13.0. The van der Waals surface area contributed by atoms with Gasteiger partial charge in [0.25, 0.3) is 11.8 Å². The van der Waals surface area contributed by atoms with Crippen LogP contribution in [0, 0.1) is 0 Å². The second kappa shape index (κ2) is 10.6. The standard InChI is InChI=1S/C26H34N4O2/c1-2-14-29-17-12-21(13-18-29)27-26(32)23-10-3-4-11-24(23)28-25(31)20-8-7-9-22(19-20)30-15-5-6-16-30/h3-4,7-11,19,21H,2,5-6,12-18H2,1H3,(H,27,32)(H,28,31). The molecule has 0 aromatic heterocycles. The summed E-state index contributed by atoms with van der Waals surface area (Å²) in [6.45, 7) is 7.42. The average Bonchev–Trinajstić information content (AvgIpc) is 3.36. The van der Waals surface area contributed by atoms with Crippen LogP contribution in [0.15, 0.2) is 48.5 Å². The number of carbonyl (C=O) groups excluding carboxylic acids is 2. The number of anilines is 2. The van der Waals surface area contributed by atoms with E-state index in [1.165, 1.54) is 12.8 Å². The van der Waals surface area contributed by atoms with E-state index in [0.29, 0.717) is 16.8 Å². The van der Waals surface area contributed by atoms with Crippen molar-refractivity contribution in [2.24, 2.45) is 0 Å². The fourth-order valence-corrected chi connectivity index (χ4v) is 4.68. The first-order valence-electron chi connectivity index (χ1n) is 11.9. The Balaban J connectivity index is 1.40. The van der Waals surface area contributed by atoms with Crippen molar-refractivity contribution in [2.75, 3.05) is 42.9 Å². The summed E-state index contributed by atoms with van der Waals surface area (Å²) in [5, 5.41) is 6.13. The van der Waals surface area contributed by atoms with Gasteiger partial charge in [-0.1, -0.05) is 25.1 Å². The zero-order valence-electron chi connectivity index (χ0n) is 19.0. The first-order chi connectivity index (χ1) is 15.6. The van der Waals surface area contributed by atoms with Crippen molar-refractivity contribution in [3.8, 4) is 0 Å². The Hall–Kier alpha value is -2.86. The van der Waals surface area contributed by atoms with Gasteiger partial charge in [0.1, 0.15) is 0 Å². The predicted molar refractivity (Wildman–Crippen MR) is 130 cm³/mol. The Kier molecular flexibility index (Phi) is 7.43. The van der Waals surface area contributed by atoms with Gasteiger partial charge in [-0.15, -0.1) is 0 Å². The highest BCUT2D eigenvalue weighted by atomic mass is 16.2. The zero-order chi connectivity index (χ0) is 22.3. The van der Waals surface area contributed by atoms with Crippen LogP contribution in [0.3, 0.4) is 0 Å². The largest absolute Gasteiger partial charge is 0.372 e. The zero-order valence-corrected chi connectivity index (χ0v) is 19.0. The van der Waals surface area contributed by atoms with Crippen LogP contribution in [-0.4, -0.2) is 55.5 Å². The van der Waals surface area contributed by atoms with Crippen molar-refractivity contribution in [3.05, 3.63) is 59.7 Å². The van der Waals surface area contributed by atoms with Crippen LogP contribution in [0.25, 0.3) is 0 Å². The van der Waals surface area contributed by atoms with Gasteiger partial charge in [-0.3, -0.25) is 9.59 Å². The summed E-state index contributed by atoms with van der Waals surface area (Å²) in [5.41, 5.74) is 2.74. The lowest BCUT2D eigenvalue weighted by Crippen LogP contribution is -2.44. The van der Waals surface area contributed by atoms with E-state index < -0.39 is 0 Å². The molecule has 2 saturated heterocycles. The molecule has 0 radical (unpaired) electrons. The minimum absolute atomic E-state index is 0.124. The number of benzene rings is 2. The molecule has 0 aliphatic carbocycles. The van der Waals surface area contributed by atoms with E-state index in [1.807, 2.05) is 30.3 Å². The second-order valence-electron chi connectivity index (χ2n) is 8.83. The summed E-state index contributed by atoms with van der Waals surface area (Å²) >= 11 is 0. The third-order valence-corrected chi connectivity index (χ3v) is 6.46. The minimum atomic E-state index is -0.195. The molecule has 0 unspecified atom stereocenters. The Morgan fingerprint density at radius 2 is 1.69 bits per heavy atom. The number of rotatable bonds is 7. The van der Waals surface area contributed by atoms with Gasteiger partial charge >= 0.3 is 0 Å². The van der Waals surface area contributed by atoms with Gasteiger partial charge < -0.3 is 20.4 Å². The molecule has 0 spiro atoms. The lowest BCUT2D eigenvalue weighted by Gasteiger charge is -2.32. The van der Waals surface area contributed by atoms with Crippen molar-refractivity contribution in [2.45, 2.75) is 45.1 Å². The van der Waals surface area contributed by atoms with Crippen molar-refractivity contribution < 1.29 is 9.59 Å². The van der Waals surface area contributed by atoms with Crippen LogP contribution in [0.2, 0.25) is 0 Å². The number of likely N-dealkylation sites (tertiary alicyclic amines) is 1. The molecule has 2 aliphatic rings. The molecule has 0 saturated carbocycles. The lowest BCUT2D eigenvalue weighted by molar-refractivity contribution is 0.0912. The summed E-state index contributed by atoms with van der Waals surface area (Å²) in [5.74, 6) is -0.320. The van der Waals surface area contributed by atoms with Crippen LogP contribution in [-0.2, 0) is 0 Å². The minimum Gasteiger partial charge on any atom is -0.372 e. The number of nitrogens with zero attached hydrogens (tertiary/aromatic N) is 2. The van der Waals surface area contributed by atoms with Crippen LogP contribution >= 0.6 is 0 Å². The summed E-state index contributed by atoms with van der Waals surface area (Å²) in [7, 11) is 0. The molecule has 2 fully saturated rings. The van der Waals surface area contributed by atoms with Crippen LogP contribution in [0.4, 0.5) is 11.4 Å². The molecule has 2 aromatic rings. The maximum atomic E-state index is 13.0. The normalized spacial score (nSPS) is 17.3. The Labute approximate surface area is 191 Å². The third kappa shape index (κ3) is 5.49. The van der Waals surface area contributed by atoms with E-state index in [-0.39, 0.29) is 17.9 Å². The SMILES string of the molecule is CCCN1CCC(NC(=O)c2ccccc2NC(=O)c2cccc(N3CCCC3)c2)CC1. The molecule has 2 N–H and O–H groups in total. The van der Waals surface area contributed by atoms with E-state index in [0.717, 1.165) is 57.7 Å². The van der Waals surface area contributed by atoms with Crippen molar-refractivity contribution in [3.63, 3.8) is 0 Å². The molecule has 0 bridgehead atoms. The number of hydrogen-bond acceptors (Lipinski definition) is 4. The molecule has 6 heteroatoms. The first kappa shape index (κ1) is 22.3. The molecule has 2 aliphatic heterocycles. The third-order valence-electron chi connectivity index (χ3n) is 6.46. The number of hydrogen-bond donors (Lipinski definition) is 2. The highest BCUT2D eigenvalue weighted by molar-refractivity contribution is 6.09. The van der Waals surface area contributed by atoms with Gasteiger partial charge in [0, 0.05) is 43.5 Å². The van der Waals surface area contributed by atoms with E-state index >= 15 is 0 Å². The topological polar surface area (TPSA) is 64.7 Å². The summed E-state index contributed by atoms with van der Waals surface area (Å²) < 4.78 is 0. The molecule has 6 nitrogen and oxygen atoms in total. The molecule has 2 heterocycles. The van der Waals surface area contributed by atoms with E-state index in [2.05, 4.69) is 33.4 Å². The van der Waals surface area contributed by atoms with Crippen LogP contribution in [0.1, 0.15) is 59.7 Å². The first-order valence-corrected chi connectivity index (χ1v) is 11.9. The number of nitrogens with one attached hydrogen (secondary N) is 2. The molecular weight excluding hydrogens is 400 g/mol. The smallest absolute Gasteiger partial charge is 0.255 e. The molecule has 32 heavy (non-hydrogen) atoms. The number of amides is 2. The van der Waals surface area contributed by atoms with Gasteiger partial charge in [0.15, 0.2) is 0 Å². The van der Waals surface area contributed by atoms with Gasteiger partial charge in [-0.25, -0.2) is 0 Å². The number of carbonyl (C=O) groups is 2.